The Morgan fingerprint density at radius 2 is 1.61 bits per heavy atom. The molecule has 0 saturated heterocycles. The highest BCUT2D eigenvalue weighted by atomic mass is 19.1. The van der Waals surface area contributed by atoms with E-state index >= 15 is 0 Å². The van der Waals surface area contributed by atoms with Crippen LogP contribution < -0.4 is 15.2 Å². The lowest BCUT2D eigenvalue weighted by Gasteiger charge is -2.09. The second-order valence-corrected chi connectivity index (χ2v) is 3.59. The van der Waals surface area contributed by atoms with Gasteiger partial charge in [-0.15, -0.1) is 0 Å². The number of nitrogens with two attached hydrogens (primary N) is 1. The van der Waals surface area contributed by atoms with E-state index < -0.39 is 17.4 Å². The van der Waals surface area contributed by atoms with Gasteiger partial charge in [0.1, 0.15) is 11.5 Å². The molecule has 0 saturated carbocycles. The summed E-state index contributed by atoms with van der Waals surface area (Å²) in [5.41, 5.74) is 5.31. The molecule has 0 bridgehead atoms. The van der Waals surface area contributed by atoms with Crippen LogP contribution in [-0.2, 0) is 0 Å². The summed E-state index contributed by atoms with van der Waals surface area (Å²) < 4.78 is 37.1. The van der Waals surface area contributed by atoms with Crippen LogP contribution in [0.2, 0.25) is 0 Å². The van der Waals surface area contributed by atoms with Gasteiger partial charge in [0.25, 0.3) is 0 Å². The number of hydrogen-bond acceptors (Lipinski definition) is 3. The van der Waals surface area contributed by atoms with E-state index in [0.29, 0.717) is 5.75 Å². The fraction of sp³-hybridized carbons (Fsp3) is 0.0769. The molecule has 0 aliphatic heterocycles. The SMILES string of the molecule is COc1cccc(Oc2c(F)cc(N)cc2F)c1. The second kappa shape index (κ2) is 4.91. The number of ether oxygens (including phenoxy) is 2. The molecule has 2 N–H and O–H groups in total. The third-order valence-corrected chi connectivity index (χ3v) is 2.28. The zero-order valence-corrected chi connectivity index (χ0v) is 9.61. The summed E-state index contributed by atoms with van der Waals surface area (Å²) in [5.74, 6) is -1.39. The van der Waals surface area contributed by atoms with Crippen molar-refractivity contribution in [2.75, 3.05) is 12.8 Å². The molecular weight excluding hydrogens is 240 g/mol. The largest absolute Gasteiger partial charge is 0.497 e. The molecule has 2 aromatic rings. The summed E-state index contributed by atoms with van der Waals surface area (Å²) in [7, 11) is 1.49. The van der Waals surface area contributed by atoms with Gasteiger partial charge in [0.15, 0.2) is 17.4 Å². The molecule has 0 aliphatic rings. The molecular formula is C13H11F2NO2. The van der Waals surface area contributed by atoms with Crippen molar-refractivity contribution in [3.63, 3.8) is 0 Å². The predicted octanol–water partition coefficient (Wildman–Crippen LogP) is 3.35. The van der Waals surface area contributed by atoms with Crippen LogP contribution in [0.1, 0.15) is 0 Å². The first-order valence-electron chi connectivity index (χ1n) is 5.16. The van der Waals surface area contributed by atoms with Crippen LogP contribution in [0.15, 0.2) is 36.4 Å². The highest BCUT2D eigenvalue weighted by Crippen LogP contribution is 2.30. The van der Waals surface area contributed by atoms with Crippen LogP contribution in [-0.4, -0.2) is 7.11 Å². The van der Waals surface area contributed by atoms with Gasteiger partial charge in [0.05, 0.1) is 7.11 Å². The van der Waals surface area contributed by atoms with Crippen LogP contribution >= 0.6 is 0 Å². The number of methoxy groups -OCH3 is 1. The summed E-state index contributed by atoms with van der Waals surface area (Å²) in [4.78, 5) is 0. The zero-order valence-electron chi connectivity index (χ0n) is 9.61. The van der Waals surface area contributed by atoms with E-state index in [0.717, 1.165) is 12.1 Å². The van der Waals surface area contributed by atoms with E-state index in [1.807, 2.05) is 0 Å². The van der Waals surface area contributed by atoms with Crippen LogP contribution in [0.4, 0.5) is 14.5 Å². The topological polar surface area (TPSA) is 44.5 Å². The lowest BCUT2D eigenvalue weighted by Crippen LogP contribution is -1.96. The first-order chi connectivity index (χ1) is 8.60. The number of halogens is 2. The van der Waals surface area contributed by atoms with Gasteiger partial charge in [-0.3, -0.25) is 0 Å². The number of rotatable bonds is 3. The minimum Gasteiger partial charge on any atom is -0.497 e. The molecule has 0 aliphatic carbocycles. The highest BCUT2D eigenvalue weighted by molar-refractivity contribution is 5.46. The zero-order chi connectivity index (χ0) is 13.1. The lowest BCUT2D eigenvalue weighted by molar-refractivity contribution is 0.394. The van der Waals surface area contributed by atoms with E-state index in [-0.39, 0.29) is 11.4 Å². The van der Waals surface area contributed by atoms with Gasteiger partial charge in [0.2, 0.25) is 0 Å². The molecule has 0 unspecified atom stereocenters. The van der Waals surface area contributed by atoms with E-state index in [1.54, 1.807) is 18.2 Å². The summed E-state index contributed by atoms with van der Waals surface area (Å²) >= 11 is 0. The quantitative estimate of drug-likeness (QED) is 0.851. The van der Waals surface area contributed by atoms with E-state index in [2.05, 4.69) is 0 Å². The van der Waals surface area contributed by atoms with Crippen molar-refractivity contribution in [2.24, 2.45) is 0 Å². The smallest absolute Gasteiger partial charge is 0.198 e. The molecule has 3 nitrogen and oxygen atoms in total. The Morgan fingerprint density at radius 3 is 2.22 bits per heavy atom. The summed E-state index contributed by atoms with van der Waals surface area (Å²) in [6, 6.07) is 8.44. The van der Waals surface area contributed by atoms with Crippen molar-refractivity contribution in [1.82, 2.24) is 0 Å². The monoisotopic (exact) mass is 251 g/mol. The van der Waals surface area contributed by atoms with E-state index in [4.69, 9.17) is 15.2 Å². The Hall–Kier alpha value is -2.30. The lowest BCUT2D eigenvalue weighted by atomic mass is 10.2. The van der Waals surface area contributed by atoms with Crippen molar-refractivity contribution in [3.8, 4) is 17.2 Å². The molecule has 0 radical (unpaired) electrons. The Labute approximate surface area is 103 Å². The van der Waals surface area contributed by atoms with Crippen LogP contribution in [0.25, 0.3) is 0 Å². The van der Waals surface area contributed by atoms with E-state index in [1.165, 1.54) is 13.2 Å². The van der Waals surface area contributed by atoms with Crippen molar-refractivity contribution in [3.05, 3.63) is 48.0 Å². The first-order valence-corrected chi connectivity index (χ1v) is 5.16. The fourth-order valence-electron chi connectivity index (χ4n) is 1.46. The van der Waals surface area contributed by atoms with Gasteiger partial charge in [-0.25, -0.2) is 8.78 Å². The molecule has 0 atom stereocenters. The molecule has 94 valence electrons. The second-order valence-electron chi connectivity index (χ2n) is 3.59. The standard InChI is InChI=1S/C13H11F2NO2/c1-17-9-3-2-4-10(7-9)18-13-11(14)5-8(16)6-12(13)15/h2-7H,16H2,1H3. The number of benzene rings is 2. The maximum Gasteiger partial charge on any atom is 0.198 e. The molecule has 0 fully saturated rings. The third-order valence-electron chi connectivity index (χ3n) is 2.28. The van der Waals surface area contributed by atoms with Gasteiger partial charge >= 0.3 is 0 Å². The van der Waals surface area contributed by atoms with Gasteiger partial charge < -0.3 is 15.2 Å². The minimum absolute atomic E-state index is 0.00277. The highest BCUT2D eigenvalue weighted by Gasteiger charge is 2.13. The number of nitrogen functional groups attached to an aromatic ring is 1. The van der Waals surface area contributed by atoms with Gasteiger partial charge in [-0.05, 0) is 12.1 Å². The Kier molecular flexibility index (Phi) is 3.32. The number of hydrogen-bond donors (Lipinski definition) is 1. The maximum atomic E-state index is 13.5. The van der Waals surface area contributed by atoms with E-state index in [9.17, 15) is 8.78 Å². The molecule has 0 heterocycles. The summed E-state index contributed by atoms with van der Waals surface area (Å²) in [6.45, 7) is 0. The summed E-state index contributed by atoms with van der Waals surface area (Å²) in [6.07, 6.45) is 0. The van der Waals surface area contributed by atoms with Crippen LogP contribution in [0, 0.1) is 11.6 Å². The van der Waals surface area contributed by atoms with Crippen LogP contribution in [0.3, 0.4) is 0 Å². The van der Waals surface area contributed by atoms with Gasteiger partial charge in [-0.2, -0.15) is 0 Å². The van der Waals surface area contributed by atoms with Crippen molar-refractivity contribution in [2.45, 2.75) is 0 Å². The Balaban J connectivity index is 2.33. The van der Waals surface area contributed by atoms with Crippen LogP contribution in [0.5, 0.6) is 17.2 Å². The number of anilines is 1. The molecule has 0 amide bonds. The maximum absolute atomic E-state index is 13.5. The molecule has 18 heavy (non-hydrogen) atoms. The van der Waals surface area contributed by atoms with Crippen molar-refractivity contribution < 1.29 is 18.3 Å². The average molecular weight is 251 g/mol. The Morgan fingerprint density at radius 1 is 1.00 bits per heavy atom. The average Bonchev–Trinajstić information content (AvgIpc) is 2.34. The molecule has 2 rings (SSSR count). The third kappa shape index (κ3) is 2.51. The van der Waals surface area contributed by atoms with Crippen molar-refractivity contribution in [1.29, 1.82) is 0 Å². The Bertz CT molecular complexity index is 550. The molecule has 0 aromatic heterocycles. The molecule has 0 spiro atoms. The van der Waals surface area contributed by atoms with Crippen molar-refractivity contribution >= 4 is 5.69 Å². The minimum atomic E-state index is -0.852. The fourth-order valence-corrected chi connectivity index (χ4v) is 1.46. The first kappa shape index (κ1) is 12.2. The van der Waals surface area contributed by atoms with Gasteiger partial charge in [0, 0.05) is 23.9 Å². The van der Waals surface area contributed by atoms with Gasteiger partial charge in [-0.1, -0.05) is 6.07 Å². The molecule has 5 heteroatoms. The predicted molar refractivity (Wildman–Crippen MR) is 63.8 cm³/mol. The normalized spacial score (nSPS) is 10.2. The summed E-state index contributed by atoms with van der Waals surface area (Å²) in [5, 5.41) is 0. The molecule has 2 aromatic carbocycles.